The average Bonchev–Trinajstić information content (AvgIpc) is 3.34. The van der Waals surface area contributed by atoms with Gasteiger partial charge >= 0.3 is 0 Å². The van der Waals surface area contributed by atoms with Crippen molar-refractivity contribution in [3.05, 3.63) is 76.2 Å². The molecule has 2 aromatic carbocycles. The molecule has 0 amide bonds. The maximum absolute atomic E-state index is 9.93. The van der Waals surface area contributed by atoms with Crippen LogP contribution in [0.25, 0.3) is 22.2 Å². The molecular weight excluding hydrogens is 410 g/mol. The van der Waals surface area contributed by atoms with Gasteiger partial charge in [-0.15, -0.1) is 11.3 Å². The number of aliphatic imine (C=N–C) groups is 1. The Morgan fingerprint density at radius 2 is 1.84 bits per heavy atom. The van der Waals surface area contributed by atoms with Crippen molar-refractivity contribution in [2.45, 2.75) is 40.0 Å². The van der Waals surface area contributed by atoms with Crippen LogP contribution >= 0.6 is 11.3 Å². The summed E-state index contributed by atoms with van der Waals surface area (Å²) < 4.78 is 0. The Morgan fingerprint density at radius 1 is 1.09 bits per heavy atom. The lowest BCUT2D eigenvalue weighted by Crippen LogP contribution is -2.26. The number of fused-ring (bicyclic) bond motifs is 2. The van der Waals surface area contributed by atoms with Crippen LogP contribution in [0.5, 0.6) is 0 Å². The highest BCUT2D eigenvalue weighted by molar-refractivity contribution is 7.16. The van der Waals surface area contributed by atoms with Gasteiger partial charge in [0, 0.05) is 27.6 Å². The van der Waals surface area contributed by atoms with Crippen LogP contribution in [0.3, 0.4) is 0 Å². The van der Waals surface area contributed by atoms with Crippen molar-refractivity contribution >= 4 is 33.5 Å². The van der Waals surface area contributed by atoms with Crippen molar-refractivity contribution < 1.29 is 0 Å². The fourth-order valence-corrected chi connectivity index (χ4v) is 5.99. The predicted octanol–water partition coefficient (Wildman–Crippen LogP) is 7.67. The van der Waals surface area contributed by atoms with Crippen molar-refractivity contribution in [3.63, 3.8) is 0 Å². The van der Waals surface area contributed by atoms with E-state index in [0.29, 0.717) is 5.92 Å². The molecule has 3 nitrogen and oxygen atoms in total. The van der Waals surface area contributed by atoms with E-state index in [-0.39, 0.29) is 5.41 Å². The van der Waals surface area contributed by atoms with Gasteiger partial charge in [0.25, 0.3) is 0 Å². The third kappa shape index (κ3) is 3.67. The molecule has 0 unspecified atom stereocenters. The van der Waals surface area contributed by atoms with E-state index in [1.54, 1.807) is 11.3 Å². The molecule has 1 N–H and O–H groups in total. The van der Waals surface area contributed by atoms with E-state index in [2.05, 4.69) is 74.3 Å². The highest BCUT2D eigenvalue weighted by Crippen LogP contribution is 2.45. The fraction of sp³-hybridized carbons (Fsp3) is 0.286. The van der Waals surface area contributed by atoms with Crippen LogP contribution in [-0.2, 0) is 12.8 Å². The Morgan fingerprint density at radius 3 is 2.59 bits per heavy atom. The molecule has 0 saturated heterocycles. The lowest BCUT2D eigenvalue weighted by atomic mass is 9.72. The lowest BCUT2D eigenvalue weighted by molar-refractivity contribution is 0.218. The van der Waals surface area contributed by atoms with Gasteiger partial charge in [0.05, 0.1) is 11.3 Å². The minimum atomic E-state index is 0.284. The quantitative estimate of drug-likeness (QED) is 0.328. The van der Waals surface area contributed by atoms with Crippen LogP contribution in [0, 0.1) is 22.7 Å². The first-order valence-electron chi connectivity index (χ1n) is 11.2. The maximum Gasteiger partial charge on any atom is 0.134 e. The van der Waals surface area contributed by atoms with Gasteiger partial charge in [-0.2, -0.15) is 5.26 Å². The zero-order valence-electron chi connectivity index (χ0n) is 18.8. The van der Waals surface area contributed by atoms with Crippen molar-refractivity contribution in [3.8, 4) is 17.3 Å². The summed E-state index contributed by atoms with van der Waals surface area (Å²) in [6, 6.07) is 21.1. The van der Waals surface area contributed by atoms with Gasteiger partial charge < -0.3 is 4.98 Å². The average molecular weight is 438 g/mol. The third-order valence-corrected chi connectivity index (χ3v) is 7.87. The molecule has 1 aliphatic rings. The highest BCUT2D eigenvalue weighted by Gasteiger charge is 2.32. The number of hydrogen-bond acceptors (Lipinski definition) is 3. The highest BCUT2D eigenvalue weighted by atomic mass is 32.1. The topological polar surface area (TPSA) is 51.9 Å². The van der Waals surface area contributed by atoms with Crippen LogP contribution < -0.4 is 0 Å². The van der Waals surface area contributed by atoms with Crippen molar-refractivity contribution in [2.75, 3.05) is 0 Å². The molecule has 32 heavy (non-hydrogen) atoms. The lowest BCUT2D eigenvalue weighted by Gasteiger charge is -2.33. The van der Waals surface area contributed by atoms with Crippen LogP contribution in [0.15, 0.2) is 59.6 Å². The van der Waals surface area contributed by atoms with Gasteiger partial charge in [-0.1, -0.05) is 69.3 Å². The van der Waals surface area contributed by atoms with Crippen molar-refractivity contribution in [1.82, 2.24) is 4.98 Å². The van der Waals surface area contributed by atoms with E-state index >= 15 is 0 Å². The number of nitriles is 1. The summed E-state index contributed by atoms with van der Waals surface area (Å²) in [6.07, 6.45) is 5.12. The normalized spacial score (nSPS) is 16.4. The van der Waals surface area contributed by atoms with Crippen LogP contribution in [0.1, 0.15) is 48.8 Å². The Labute approximate surface area is 193 Å². The monoisotopic (exact) mass is 437 g/mol. The molecule has 0 saturated carbocycles. The number of para-hydroxylation sites is 1. The standard InChI is InChI=1S/C28H27N3S/c1-28(2,3)19-13-14-21-22(16-29)27(32-25(21)15-19)30-17-23-20-11-7-8-12-24(20)31-26(23)18-9-5-4-6-10-18/h4-12,17,19,31H,13-15H2,1-3H3/t19-/m1/s1. The van der Waals surface area contributed by atoms with Crippen LogP contribution in [0.2, 0.25) is 0 Å². The first kappa shape index (κ1) is 20.7. The number of hydrogen-bond donors (Lipinski definition) is 1. The Kier molecular flexibility index (Phi) is 5.23. The molecular formula is C28H27N3S. The SMILES string of the molecule is CC(C)(C)[C@@H]1CCc2c(sc(N=Cc3c(-c4ccccc4)[nH]c4ccccc34)c2C#N)C1. The van der Waals surface area contributed by atoms with Crippen molar-refractivity contribution in [1.29, 1.82) is 5.26 Å². The number of thiophene rings is 1. The third-order valence-electron chi connectivity index (χ3n) is 6.70. The molecule has 5 rings (SSSR count). The second-order valence-corrected chi connectivity index (χ2v) is 10.8. The number of nitrogens with one attached hydrogen (secondary N) is 1. The Hall–Kier alpha value is -3.16. The fourth-order valence-electron chi connectivity index (χ4n) is 4.77. The number of aromatic amines is 1. The van der Waals surface area contributed by atoms with Crippen LogP contribution in [0.4, 0.5) is 5.00 Å². The molecule has 1 atom stereocenters. The summed E-state index contributed by atoms with van der Waals surface area (Å²) in [6.45, 7) is 6.97. The largest absolute Gasteiger partial charge is 0.354 e. The summed E-state index contributed by atoms with van der Waals surface area (Å²) in [5.74, 6) is 0.648. The molecule has 160 valence electrons. The zero-order valence-corrected chi connectivity index (χ0v) is 19.6. The van der Waals surface area contributed by atoms with E-state index in [1.807, 2.05) is 18.3 Å². The van der Waals surface area contributed by atoms with Gasteiger partial charge in [0.15, 0.2) is 0 Å². The second kappa shape index (κ2) is 8.07. The minimum absolute atomic E-state index is 0.284. The molecule has 2 aromatic heterocycles. The summed E-state index contributed by atoms with van der Waals surface area (Å²) in [7, 11) is 0. The van der Waals surface area contributed by atoms with Gasteiger partial charge in [0.1, 0.15) is 11.1 Å². The van der Waals surface area contributed by atoms with Crippen molar-refractivity contribution in [2.24, 2.45) is 16.3 Å². The molecule has 0 fully saturated rings. The summed E-state index contributed by atoms with van der Waals surface area (Å²) in [5.41, 5.74) is 6.63. The Balaban J connectivity index is 1.58. The molecule has 0 radical (unpaired) electrons. The van der Waals surface area contributed by atoms with E-state index in [4.69, 9.17) is 4.99 Å². The van der Waals surface area contributed by atoms with Gasteiger partial charge in [-0.3, -0.25) is 0 Å². The van der Waals surface area contributed by atoms with Crippen LogP contribution in [-0.4, -0.2) is 11.2 Å². The first-order valence-corrected chi connectivity index (χ1v) is 12.0. The maximum atomic E-state index is 9.93. The summed E-state index contributed by atoms with van der Waals surface area (Å²) in [5, 5.41) is 11.9. The number of benzene rings is 2. The summed E-state index contributed by atoms with van der Waals surface area (Å²) >= 11 is 1.70. The molecule has 0 bridgehead atoms. The molecule has 2 heterocycles. The summed E-state index contributed by atoms with van der Waals surface area (Å²) in [4.78, 5) is 9.81. The van der Waals surface area contributed by atoms with Gasteiger partial charge in [-0.25, -0.2) is 4.99 Å². The molecule has 4 heteroatoms. The Bertz CT molecular complexity index is 1340. The van der Waals surface area contributed by atoms with E-state index in [9.17, 15) is 5.26 Å². The zero-order chi connectivity index (χ0) is 22.3. The van der Waals surface area contributed by atoms with E-state index < -0.39 is 0 Å². The van der Waals surface area contributed by atoms with Gasteiger partial charge in [0.2, 0.25) is 0 Å². The van der Waals surface area contributed by atoms with Gasteiger partial charge in [-0.05, 0) is 47.8 Å². The smallest absolute Gasteiger partial charge is 0.134 e. The predicted molar refractivity (Wildman–Crippen MR) is 135 cm³/mol. The first-order chi connectivity index (χ1) is 15.5. The number of rotatable bonds is 3. The van der Waals surface area contributed by atoms with E-state index in [0.717, 1.165) is 57.6 Å². The number of nitrogens with zero attached hydrogens (tertiary/aromatic N) is 2. The molecule has 0 aliphatic heterocycles. The van der Waals surface area contributed by atoms with E-state index in [1.165, 1.54) is 10.4 Å². The number of H-pyrrole nitrogens is 1. The number of aromatic nitrogens is 1. The minimum Gasteiger partial charge on any atom is -0.354 e. The molecule has 0 spiro atoms. The molecule has 1 aliphatic carbocycles. The second-order valence-electron chi connectivity index (χ2n) is 9.68. The molecule has 4 aromatic rings.